The van der Waals surface area contributed by atoms with Crippen molar-refractivity contribution in [1.82, 2.24) is 15.1 Å². The Balaban J connectivity index is 0.00000353. The number of rotatable bonds is 7. The maximum absolute atomic E-state index is 13.1. The predicted molar refractivity (Wildman–Crippen MR) is 143 cm³/mol. The van der Waals surface area contributed by atoms with E-state index in [0.717, 1.165) is 29.0 Å². The highest BCUT2D eigenvalue weighted by Crippen LogP contribution is 2.39. The van der Waals surface area contributed by atoms with Gasteiger partial charge in [0, 0.05) is 38.2 Å². The number of halogens is 4. The summed E-state index contributed by atoms with van der Waals surface area (Å²) in [5.41, 5.74) is 7.40. The summed E-state index contributed by atoms with van der Waals surface area (Å²) in [4.78, 5) is 15.0. The van der Waals surface area contributed by atoms with Crippen LogP contribution in [0.2, 0.25) is 0 Å². The van der Waals surface area contributed by atoms with Crippen LogP contribution in [0, 0.1) is 0 Å². The number of hydrogen-bond donors (Lipinski definition) is 2. The van der Waals surface area contributed by atoms with Gasteiger partial charge in [-0.25, -0.2) is 0 Å². The van der Waals surface area contributed by atoms with Crippen LogP contribution in [0.25, 0.3) is 11.3 Å². The van der Waals surface area contributed by atoms with Gasteiger partial charge in [-0.3, -0.25) is 14.8 Å². The van der Waals surface area contributed by atoms with E-state index in [4.69, 9.17) is 15.2 Å². The van der Waals surface area contributed by atoms with Gasteiger partial charge >= 0.3 is 6.18 Å². The number of nitrogens with zero attached hydrogens (tertiary/aromatic N) is 2. The van der Waals surface area contributed by atoms with Gasteiger partial charge in [-0.15, -0.1) is 12.4 Å². The minimum atomic E-state index is -4.44. The van der Waals surface area contributed by atoms with E-state index in [1.807, 2.05) is 23.1 Å². The number of primary amides is 1. The minimum Gasteiger partial charge on any atom is -0.489 e. The Kier molecular flexibility index (Phi) is 8.58. The third-order valence-electron chi connectivity index (χ3n) is 7.87. The lowest BCUT2D eigenvalue weighted by atomic mass is 9.79. The number of aromatic amines is 1. The van der Waals surface area contributed by atoms with Crippen LogP contribution < -0.4 is 10.5 Å². The molecular formula is C28H32ClF3N4O3. The molecule has 0 spiro atoms. The van der Waals surface area contributed by atoms with Gasteiger partial charge in [-0.05, 0) is 48.2 Å². The molecule has 2 saturated heterocycles. The molecule has 1 amide bonds. The SMILES string of the molecule is C[C@@H](c1ccc(-c2ccn[nH]2)cc1)C1CC(C(N)=O)(N2CCC(Oc3cccc(C(F)(F)F)c3)C2)CCO1.Cl. The normalized spacial score (nSPS) is 24.6. The number of benzene rings is 2. The van der Waals surface area contributed by atoms with Gasteiger partial charge in [0.1, 0.15) is 17.4 Å². The third kappa shape index (κ3) is 6.08. The van der Waals surface area contributed by atoms with Crippen molar-refractivity contribution in [2.45, 2.75) is 56.0 Å². The average molecular weight is 565 g/mol. The molecule has 0 aliphatic carbocycles. The zero-order valence-corrected chi connectivity index (χ0v) is 22.3. The molecule has 1 aromatic heterocycles. The van der Waals surface area contributed by atoms with E-state index in [9.17, 15) is 18.0 Å². The lowest BCUT2D eigenvalue weighted by molar-refractivity contribution is -0.142. The zero-order valence-electron chi connectivity index (χ0n) is 21.5. The zero-order chi connectivity index (χ0) is 26.9. The fourth-order valence-electron chi connectivity index (χ4n) is 5.61. The standard InChI is InChI=1S/C28H31F3N4O3.ClH/c1-18(19-5-7-20(8-6-19)24-9-12-33-34-24)25-16-27(26(32)36,11-14-37-25)35-13-10-23(17-35)38-22-4-2-3-21(15-22)28(29,30)31;/h2-9,12,15,18,23,25H,10-11,13-14,16-17H2,1H3,(H2,32,36)(H,33,34);1H/t18-,23?,25?,27?;/m0./s1. The number of nitrogens with one attached hydrogen (secondary N) is 1. The molecule has 11 heteroatoms. The molecule has 2 fully saturated rings. The molecule has 2 aliphatic heterocycles. The maximum Gasteiger partial charge on any atom is 0.416 e. The molecule has 2 aliphatic rings. The highest BCUT2D eigenvalue weighted by Gasteiger charge is 2.50. The second-order valence-electron chi connectivity index (χ2n) is 10.1. The summed E-state index contributed by atoms with van der Waals surface area (Å²) >= 11 is 0. The average Bonchev–Trinajstić information content (AvgIpc) is 3.61. The molecule has 0 bridgehead atoms. The molecule has 3 aromatic rings. The van der Waals surface area contributed by atoms with Crippen LogP contribution in [-0.2, 0) is 15.7 Å². The summed E-state index contributed by atoms with van der Waals surface area (Å²) in [5.74, 6) is -0.228. The number of carbonyl (C=O) groups excluding carboxylic acids is 1. The fourth-order valence-corrected chi connectivity index (χ4v) is 5.61. The summed E-state index contributed by atoms with van der Waals surface area (Å²) in [7, 11) is 0. The molecule has 3 unspecified atom stereocenters. The number of nitrogens with two attached hydrogens (primary N) is 1. The number of H-pyrrole nitrogens is 1. The van der Waals surface area contributed by atoms with E-state index in [1.54, 1.807) is 6.20 Å². The van der Waals surface area contributed by atoms with Gasteiger partial charge in [0.05, 0.1) is 17.4 Å². The largest absolute Gasteiger partial charge is 0.489 e. The van der Waals surface area contributed by atoms with E-state index in [-0.39, 0.29) is 36.3 Å². The summed E-state index contributed by atoms with van der Waals surface area (Å²) in [6, 6.07) is 15.0. The number of aromatic nitrogens is 2. The van der Waals surface area contributed by atoms with Crippen LogP contribution in [0.4, 0.5) is 13.2 Å². The summed E-state index contributed by atoms with van der Waals surface area (Å²) in [6.07, 6.45) is -1.83. The highest BCUT2D eigenvalue weighted by molar-refractivity contribution is 5.85. The molecule has 5 rings (SSSR count). The number of alkyl halides is 3. The Bertz CT molecular complexity index is 1260. The Morgan fingerprint density at radius 3 is 2.67 bits per heavy atom. The van der Waals surface area contributed by atoms with Crippen molar-refractivity contribution < 1.29 is 27.4 Å². The van der Waals surface area contributed by atoms with Crippen molar-refractivity contribution in [3.63, 3.8) is 0 Å². The predicted octanol–water partition coefficient (Wildman–Crippen LogP) is 5.18. The minimum absolute atomic E-state index is 0. The quantitative estimate of drug-likeness (QED) is 0.413. The molecule has 3 heterocycles. The van der Waals surface area contributed by atoms with Crippen molar-refractivity contribution in [2.75, 3.05) is 19.7 Å². The Morgan fingerprint density at radius 2 is 2.00 bits per heavy atom. The van der Waals surface area contributed by atoms with Crippen LogP contribution in [0.1, 0.15) is 43.2 Å². The lowest BCUT2D eigenvalue weighted by Gasteiger charge is -2.46. The number of carbonyl (C=O) groups is 1. The van der Waals surface area contributed by atoms with Gasteiger partial charge in [0.15, 0.2) is 0 Å². The van der Waals surface area contributed by atoms with Crippen LogP contribution in [0.15, 0.2) is 60.8 Å². The van der Waals surface area contributed by atoms with Crippen molar-refractivity contribution in [3.8, 4) is 17.0 Å². The first kappa shape index (κ1) is 28.9. The summed E-state index contributed by atoms with van der Waals surface area (Å²) in [5, 5.41) is 6.95. The fraction of sp³-hybridized carbons (Fsp3) is 0.429. The van der Waals surface area contributed by atoms with E-state index in [1.165, 1.54) is 12.1 Å². The molecule has 7 nitrogen and oxygen atoms in total. The first-order valence-electron chi connectivity index (χ1n) is 12.8. The number of hydrogen-bond acceptors (Lipinski definition) is 5. The maximum atomic E-state index is 13.1. The van der Waals surface area contributed by atoms with Gasteiger partial charge in [0.25, 0.3) is 0 Å². The van der Waals surface area contributed by atoms with Crippen LogP contribution in [0.3, 0.4) is 0 Å². The lowest BCUT2D eigenvalue weighted by Crippen LogP contribution is -2.61. The summed E-state index contributed by atoms with van der Waals surface area (Å²) in [6.45, 7) is 3.43. The second kappa shape index (κ2) is 11.6. The summed E-state index contributed by atoms with van der Waals surface area (Å²) < 4.78 is 51.4. The van der Waals surface area contributed by atoms with Gasteiger partial charge in [-0.2, -0.15) is 18.3 Å². The van der Waals surface area contributed by atoms with Gasteiger partial charge in [0.2, 0.25) is 5.91 Å². The Labute approximate surface area is 231 Å². The second-order valence-corrected chi connectivity index (χ2v) is 10.1. The van der Waals surface area contributed by atoms with Crippen molar-refractivity contribution >= 4 is 18.3 Å². The highest BCUT2D eigenvalue weighted by atomic mass is 35.5. The first-order chi connectivity index (χ1) is 18.2. The van der Waals surface area contributed by atoms with E-state index in [0.29, 0.717) is 39.0 Å². The van der Waals surface area contributed by atoms with E-state index >= 15 is 0 Å². The Hall–Kier alpha value is -3.08. The molecule has 0 radical (unpaired) electrons. The van der Waals surface area contributed by atoms with Gasteiger partial charge < -0.3 is 15.2 Å². The van der Waals surface area contributed by atoms with Crippen molar-refractivity contribution in [1.29, 1.82) is 0 Å². The van der Waals surface area contributed by atoms with Crippen LogP contribution in [-0.4, -0.2) is 58.4 Å². The molecule has 4 atom stereocenters. The van der Waals surface area contributed by atoms with Crippen molar-refractivity contribution in [3.05, 3.63) is 71.9 Å². The van der Waals surface area contributed by atoms with Gasteiger partial charge in [-0.1, -0.05) is 37.3 Å². The monoisotopic (exact) mass is 564 g/mol. The van der Waals surface area contributed by atoms with Crippen LogP contribution >= 0.6 is 12.4 Å². The molecule has 3 N–H and O–H groups in total. The molecule has 0 saturated carbocycles. The number of ether oxygens (including phenoxy) is 2. The number of likely N-dealkylation sites (tertiary alicyclic amines) is 1. The van der Waals surface area contributed by atoms with Crippen molar-refractivity contribution in [2.24, 2.45) is 5.73 Å². The smallest absolute Gasteiger partial charge is 0.416 e. The molecule has 39 heavy (non-hydrogen) atoms. The third-order valence-corrected chi connectivity index (χ3v) is 7.87. The number of amides is 1. The van der Waals surface area contributed by atoms with Crippen LogP contribution in [0.5, 0.6) is 5.75 Å². The Morgan fingerprint density at radius 1 is 1.23 bits per heavy atom. The topological polar surface area (TPSA) is 93.5 Å². The first-order valence-corrected chi connectivity index (χ1v) is 12.8. The van der Waals surface area contributed by atoms with E-state index in [2.05, 4.69) is 29.3 Å². The molecular weight excluding hydrogens is 533 g/mol. The van der Waals surface area contributed by atoms with E-state index < -0.39 is 23.2 Å². The molecule has 2 aromatic carbocycles. The molecule has 210 valence electrons.